The van der Waals surface area contributed by atoms with Crippen molar-refractivity contribution in [2.75, 3.05) is 5.32 Å². The molecule has 0 amide bonds. The van der Waals surface area contributed by atoms with E-state index in [0.717, 1.165) is 17.0 Å². The van der Waals surface area contributed by atoms with E-state index in [2.05, 4.69) is 5.32 Å². The van der Waals surface area contributed by atoms with Crippen LogP contribution >= 0.6 is 0 Å². The minimum atomic E-state index is -0.925. The molecular formula is C17H19NO3. The van der Waals surface area contributed by atoms with Gasteiger partial charge in [0.1, 0.15) is 5.75 Å². The fourth-order valence-electron chi connectivity index (χ4n) is 1.97. The molecule has 0 radical (unpaired) electrons. The van der Waals surface area contributed by atoms with Crippen molar-refractivity contribution in [1.82, 2.24) is 0 Å². The number of carboxylic acid groups (broad SMARTS) is 1. The first-order valence-corrected chi connectivity index (χ1v) is 6.87. The van der Waals surface area contributed by atoms with E-state index in [9.17, 15) is 4.79 Å². The standard InChI is InChI=1S/C17H19NO3/c1-12(2)21-16-8-3-5-13(9-16)11-18-15-7-4-6-14(10-15)17(19)20/h3-10,12,18H,11H2,1-2H3,(H,19,20). The lowest BCUT2D eigenvalue weighted by atomic mass is 10.2. The molecule has 0 saturated heterocycles. The van der Waals surface area contributed by atoms with Crippen molar-refractivity contribution in [2.45, 2.75) is 26.5 Å². The maximum Gasteiger partial charge on any atom is 0.335 e. The zero-order valence-corrected chi connectivity index (χ0v) is 12.2. The smallest absolute Gasteiger partial charge is 0.335 e. The molecule has 0 aliphatic heterocycles. The topological polar surface area (TPSA) is 58.6 Å². The molecule has 0 aromatic heterocycles. The minimum absolute atomic E-state index is 0.139. The molecule has 110 valence electrons. The van der Waals surface area contributed by atoms with E-state index < -0.39 is 5.97 Å². The Morgan fingerprint density at radius 1 is 1.19 bits per heavy atom. The number of carbonyl (C=O) groups is 1. The van der Waals surface area contributed by atoms with Gasteiger partial charge in [0.2, 0.25) is 0 Å². The van der Waals surface area contributed by atoms with Crippen molar-refractivity contribution in [3.63, 3.8) is 0 Å². The molecule has 0 spiro atoms. The van der Waals surface area contributed by atoms with Crippen LogP contribution in [0.1, 0.15) is 29.8 Å². The Labute approximate surface area is 124 Å². The van der Waals surface area contributed by atoms with Gasteiger partial charge in [0, 0.05) is 12.2 Å². The van der Waals surface area contributed by atoms with Crippen LogP contribution in [0.4, 0.5) is 5.69 Å². The van der Waals surface area contributed by atoms with Gasteiger partial charge < -0.3 is 15.2 Å². The first kappa shape index (κ1) is 14.9. The fraction of sp³-hybridized carbons (Fsp3) is 0.235. The van der Waals surface area contributed by atoms with Crippen LogP contribution in [-0.2, 0) is 6.54 Å². The van der Waals surface area contributed by atoms with Gasteiger partial charge in [0.05, 0.1) is 11.7 Å². The molecule has 21 heavy (non-hydrogen) atoms. The summed E-state index contributed by atoms with van der Waals surface area (Å²) >= 11 is 0. The average Bonchev–Trinajstić information content (AvgIpc) is 2.45. The zero-order chi connectivity index (χ0) is 15.2. The van der Waals surface area contributed by atoms with Crippen molar-refractivity contribution < 1.29 is 14.6 Å². The molecule has 0 aliphatic carbocycles. The number of hydrogen-bond donors (Lipinski definition) is 2. The molecule has 0 bridgehead atoms. The molecule has 0 saturated carbocycles. The van der Waals surface area contributed by atoms with Crippen LogP contribution in [0.2, 0.25) is 0 Å². The van der Waals surface area contributed by atoms with E-state index in [0.29, 0.717) is 6.54 Å². The van der Waals surface area contributed by atoms with Gasteiger partial charge in [-0.1, -0.05) is 18.2 Å². The number of carboxylic acids is 1. The summed E-state index contributed by atoms with van der Waals surface area (Å²) in [5.41, 5.74) is 2.14. The molecule has 0 fully saturated rings. The Morgan fingerprint density at radius 3 is 2.67 bits per heavy atom. The molecule has 0 atom stereocenters. The lowest BCUT2D eigenvalue weighted by molar-refractivity contribution is 0.0697. The number of rotatable bonds is 6. The van der Waals surface area contributed by atoms with Crippen molar-refractivity contribution in [1.29, 1.82) is 0 Å². The lowest BCUT2D eigenvalue weighted by Gasteiger charge is -2.12. The fourth-order valence-corrected chi connectivity index (χ4v) is 1.97. The second-order valence-electron chi connectivity index (χ2n) is 5.05. The Balaban J connectivity index is 2.02. The van der Waals surface area contributed by atoms with Crippen molar-refractivity contribution in [3.05, 3.63) is 59.7 Å². The molecule has 2 N–H and O–H groups in total. The highest BCUT2D eigenvalue weighted by Crippen LogP contribution is 2.17. The van der Waals surface area contributed by atoms with E-state index >= 15 is 0 Å². The van der Waals surface area contributed by atoms with Crippen LogP contribution in [0.25, 0.3) is 0 Å². The highest BCUT2D eigenvalue weighted by molar-refractivity contribution is 5.88. The summed E-state index contributed by atoms with van der Waals surface area (Å²) in [6, 6.07) is 14.6. The average molecular weight is 285 g/mol. The zero-order valence-electron chi connectivity index (χ0n) is 12.2. The summed E-state index contributed by atoms with van der Waals surface area (Å²) in [6.45, 7) is 4.59. The predicted octanol–water partition coefficient (Wildman–Crippen LogP) is 3.78. The SMILES string of the molecule is CC(C)Oc1cccc(CNc2cccc(C(=O)O)c2)c1. The van der Waals surface area contributed by atoms with Gasteiger partial charge in [0.15, 0.2) is 0 Å². The second-order valence-corrected chi connectivity index (χ2v) is 5.05. The first-order valence-electron chi connectivity index (χ1n) is 6.87. The molecular weight excluding hydrogens is 266 g/mol. The number of nitrogens with one attached hydrogen (secondary N) is 1. The van der Waals surface area contributed by atoms with Crippen molar-refractivity contribution in [3.8, 4) is 5.75 Å². The van der Waals surface area contributed by atoms with Crippen LogP contribution in [0.5, 0.6) is 5.75 Å². The summed E-state index contributed by atoms with van der Waals surface area (Å²) in [5, 5.41) is 12.2. The summed E-state index contributed by atoms with van der Waals surface area (Å²) in [5.74, 6) is -0.0884. The third-order valence-electron chi connectivity index (χ3n) is 2.88. The number of anilines is 1. The quantitative estimate of drug-likeness (QED) is 0.848. The van der Waals surface area contributed by atoms with Crippen LogP contribution in [0, 0.1) is 0 Å². The summed E-state index contributed by atoms with van der Waals surface area (Å²) in [4.78, 5) is 10.9. The van der Waals surface area contributed by atoms with Crippen LogP contribution in [-0.4, -0.2) is 17.2 Å². The molecule has 0 heterocycles. The minimum Gasteiger partial charge on any atom is -0.491 e. The second kappa shape index (κ2) is 6.79. The third kappa shape index (κ3) is 4.53. The van der Waals surface area contributed by atoms with Gasteiger partial charge in [-0.15, -0.1) is 0 Å². The number of hydrogen-bond acceptors (Lipinski definition) is 3. The van der Waals surface area contributed by atoms with E-state index in [1.165, 1.54) is 0 Å². The van der Waals surface area contributed by atoms with Crippen LogP contribution in [0.15, 0.2) is 48.5 Å². The Bertz CT molecular complexity index is 623. The highest BCUT2D eigenvalue weighted by atomic mass is 16.5. The molecule has 2 aromatic rings. The van der Waals surface area contributed by atoms with Gasteiger partial charge in [-0.05, 0) is 49.7 Å². The lowest BCUT2D eigenvalue weighted by Crippen LogP contribution is -2.06. The van der Waals surface area contributed by atoms with E-state index in [4.69, 9.17) is 9.84 Å². The van der Waals surface area contributed by atoms with Gasteiger partial charge in [0.25, 0.3) is 0 Å². The third-order valence-corrected chi connectivity index (χ3v) is 2.88. The number of aromatic carboxylic acids is 1. The molecule has 0 unspecified atom stereocenters. The van der Waals surface area contributed by atoms with Crippen molar-refractivity contribution >= 4 is 11.7 Å². The highest BCUT2D eigenvalue weighted by Gasteiger charge is 2.03. The summed E-state index contributed by atoms with van der Waals surface area (Å²) < 4.78 is 5.65. The van der Waals surface area contributed by atoms with E-state index in [-0.39, 0.29) is 11.7 Å². The number of ether oxygens (including phenoxy) is 1. The normalized spacial score (nSPS) is 10.4. The maximum absolute atomic E-state index is 10.9. The van der Waals surface area contributed by atoms with Gasteiger partial charge >= 0.3 is 5.97 Å². The van der Waals surface area contributed by atoms with Crippen LogP contribution in [0.3, 0.4) is 0 Å². The maximum atomic E-state index is 10.9. The Hall–Kier alpha value is -2.49. The molecule has 2 aromatic carbocycles. The molecule has 2 rings (SSSR count). The summed E-state index contributed by atoms with van der Waals surface area (Å²) in [6.07, 6.45) is 0.139. The summed E-state index contributed by atoms with van der Waals surface area (Å²) in [7, 11) is 0. The van der Waals surface area contributed by atoms with Gasteiger partial charge in [-0.25, -0.2) is 4.79 Å². The van der Waals surface area contributed by atoms with Gasteiger partial charge in [-0.3, -0.25) is 0 Å². The predicted molar refractivity (Wildman–Crippen MR) is 82.9 cm³/mol. The van der Waals surface area contributed by atoms with Gasteiger partial charge in [-0.2, -0.15) is 0 Å². The molecule has 0 aliphatic rings. The Morgan fingerprint density at radius 2 is 1.95 bits per heavy atom. The van der Waals surface area contributed by atoms with E-state index in [1.54, 1.807) is 18.2 Å². The largest absolute Gasteiger partial charge is 0.491 e. The first-order chi connectivity index (χ1) is 10.0. The molecule has 4 heteroatoms. The Kier molecular flexibility index (Phi) is 4.82. The monoisotopic (exact) mass is 285 g/mol. The van der Waals surface area contributed by atoms with Crippen LogP contribution < -0.4 is 10.1 Å². The number of benzene rings is 2. The van der Waals surface area contributed by atoms with Crippen molar-refractivity contribution in [2.24, 2.45) is 0 Å². The molecule has 4 nitrogen and oxygen atoms in total. The van der Waals surface area contributed by atoms with E-state index in [1.807, 2.05) is 44.2 Å².